The van der Waals surface area contributed by atoms with Gasteiger partial charge in [0.15, 0.2) is 0 Å². The van der Waals surface area contributed by atoms with Crippen LogP contribution in [-0.4, -0.2) is 68.5 Å². The van der Waals surface area contributed by atoms with Crippen LogP contribution in [0.2, 0.25) is 0 Å². The van der Waals surface area contributed by atoms with E-state index in [9.17, 15) is 27.1 Å². The van der Waals surface area contributed by atoms with Crippen molar-refractivity contribution >= 4 is 27.6 Å². The summed E-state index contributed by atoms with van der Waals surface area (Å²) in [5.74, 6) is -1.73. The second kappa shape index (κ2) is 12.8. The van der Waals surface area contributed by atoms with Crippen LogP contribution >= 0.6 is 0 Å². The zero-order chi connectivity index (χ0) is 28.0. The fourth-order valence-electron chi connectivity index (χ4n) is 4.35. The van der Waals surface area contributed by atoms with Gasteiger partial charge in [0.05, 0.1) is 18.4 Å². The van der Waals surface area contributed by atoms with Crippen LogP contribution in [-0.2, 0) is 16.4 Å². The summed E-state index contributed by atoms with van der Waals surface area (Å²) in [6, 6.07) is 4.78. The standard InChI is InChI=1S/C26H37F2N5O4S/c1-5-16(2)30-23-13-18(14-24(32-23)33(3)38(4,36)37)26(35)31-22(25(34)21-8-6-7-9-29-21)12-17-10-19(27)15-20(28)11-17/h10-11,13-16,21-22,25,29,34H,5-9,12H2,1-4H3,(H,30,32)(H,31,35)/t16-,21+,22-,25+/m0/s1. The lowest BCUT2D eigenvalue weighted by atomic mass is 9.91. The highest BCUT2D eigenvalue weighted by Crippen LogP contribution is 2.22. The molecular weight excluding hydrogens is 516 g/mol. The van der Waals surface area contributed by atoms with Crippen molar-refractivity contribution in [1.82, 2.24) is 15.6 Å². The Labute approximate surface area is 223 Å². The quantitative estimate of drug-likeness (QED) is 0.337. The highest BCUT2D eigenvalue weighted by molar-refractivity contribution is 7.92. The van der Waals surface area contributed by atoms with E-state index >= 15 is 0 Å². The average molecular weight is 554 g/mol. The Morgan fingerprint density at radius 1 is 1.21 bits per heavy atom. The second-order valence-corrected chi connectivity index (χ2v) is 11.9. The topological polar surface area (TPSA) is 124 Å². The molecule has 38 heavy (non-hydrogen) atoms. The van der Waals surface area contributed by atoms with E-state index in [1.165, 1.54) is 31.3 Å². The summed E-state index contributed by atoms with van der Waals surface area (Å²) in [6.45, 7) is 4.61. The maximum absolute atomic E-state index is 13.9. The molecule has 2 aromatic rings. The number of hydrogen-bond donors (Lipinski definition) is 4. The van der Waals surface area contributed by atoms with Gasteiger partial charge < -0.3 is 21.1 Å². The van der Waals surface area contributed by atoms with E-state index in [2.05, 4.69) is 20.9 Å². The molecule has 0 spiro atoms. The number of aliphatic hydroxyl groups excluding tert-OH is 1. The van der Waals surface area contributed by atoms with Crippen molar-refractivity contribution < 1.29 is 27.1 Å². The van der Waals surface area contributed by atoms with E-state index in [4.69, 9.17) is 0 Å². The van der Waals surface area contributed by atoms with Crippen molar-refractivity contribution in [2.45, 2.75) is 70.2 Å². The van der Waals surface area contributed by atoms with Crippen LogP contribution in [0.4, 0.5) is 20.4 Å². The zero-order valence-corrected chi connectivity index (χ0v) is 23.0. The lowest BCUT2D eigenvalue weighted by Gasteiger charge is -2.34. The van der Waals surface area contributed by atoms with Gasteiger partial charge in [0.1, 0.15) is 23.3 Å². The number of aliphatic hydroxyl groups is 1. The Hall–Kier alpha value is -2.83. The number of anilines is 2. The largest absolute Gasteiger partial charge is 0.389 e. The number of halogens is 2. The molecule has 12 heteroatoms. The number of benzene rings is 1. The molecule has 0 bridgehead atoms. The number of nitrogens with one attached hydrogen (secondary N) is 3. The fraction of sp³-hybridized carbons (Fsp3) is 0.538. The first-order valence-electron chi connectivity index (χ1n) is 12.8. The maximum atomic E-state index is 13.9. The van der Waals surface area contributed by atoms with Crippen LogP contribution in [0.5, 0.6) is 0 Å². The van der Waals surface area contributed by atoms with Crippen molar-refractivity contribution in [3.8, 4) is 0 Å². The summed E-state index contributed by atoms with van der Waals surface area (Å²) in [7, 11) is -2.32. The number of nitrogens with zero attached hydrogens (tertiary/aromatic N) is 2. The lowest BCUT2D eigenvalue weighted by Crippen LogP contribution is -2.55. The lowest BCUT2D eigenvalue weighted by molar-refractivity contribution is 0.0646. The van der Waals surface area contributed by atoms with E-state index in [-0.39, 0.29) is 35.4 Å². The van der Waals surface area contributed by atoms with E-state index in [0.29, 0.717) is 18.8 Å². The third-order valence-electron chi connectivity index (χ3n) is 6.77. The Kier molecular flexibility index (Phi) is 10.0. The van der Waals surface area contributed by atoms with Gasteiger partial charge in [-0.1, -0.05) is 13.3 Å². The summed E-state index contributed by atoms with van der Waals surface area (Å²) in [5, 5.41) is 20.4. The number of sulfonamides is 1. The van der Waals surface area contributed by atoms with Gasteiger partial charge in [-0.2, -0.15) is 0 Å². The van der Waals surface area contributed by atoms with Gasteiger partial charge >= 0.3 is 0 Å². The van der Waals surface area contributed by atoms with Crippen LogP contribution in [0.1, 0.15) is 55.5 Å². The number of pyridine rings is 1. The maximum Gasteiger partial charge on any atom is 0.251 e. The molecule has 1 fully saturated rings. The van der Waals surface area contributed by atoms with Gasteiger partial charge in [0, 0.05) is 30.8 Å². The van der Waals surface area contributed by atoms with Crippen molar-refractivity contribution in [1.29, 1.82) is 0 Å². The van der Waals surface area contributed by atoms with Gasteiger partial charge in [-0.25, -0.2) is 22.2 Å². The number of carbonyl (C=O) groups is 1. The third-order valence-corrected chi connectivity index (χ3v) is 7.95. The summed E-state index contributed by atoms with van der Waals surface area (Å²) < 4.78 is 53.1. The molecule has 9 nitrogen and oxygen atoms in total. The first-order chi connectivity index (χ1) is 17.9. The minimum Gasteiger partial charge on any atom is -0.389 e. The molecule has 4 N–H and O–H groups in total. The first-order valence-corrected chi connectivity index (χ1v) is 14.6. The van der Waals surface area contributed by atoms with Gasteiger partial charge in [-0.05, 0) is 69.0 Å². The van der Waals surface area contributed by atoms with E-state index in [0.717, 1.165) is 35.9 Å². The molecule has 1 aromatic heterocycles. The molecule has 0 radical (unpaired) electrons. The molecule has 1 aliphatic rings. The van der Waals surface area contributed by atoms with Crippen LogP contribution in [0.25, 0.3) is 0 Å². The van der Waals surface area contributed by atoms with Crippen molar-refractivity contribution in [3.05, 3.63) is 53.1 Å². The molecule has 2 heterocycles. The van der Waals surface area contributed by atoms with Crippen LogP contribution < -0.4 is 20.3 Å². The number of carbonyl (C=O) groups excluding carboxylic acids is 1. The molecule has 1 aliphatic heterocycles. The number of aromatic nitrogens is 1. The van der Waals surface area contributed by atoms with E-state index in [1.807, 2.05) is 13.8 Å². The summed E-state index contributed by atoms with van der Waals surface area (Å²) in [5.41, 5.74) is 0.407. The Bertz CT molecular complexity index is 1200. The molecule has 0 aliphatic carbocycles. The SMILES string of the molecule is CC[C@H](C)Nc1cc(C(=O)N[C@@H](Cc2cc(F)cc(F)c2)[C@H](O)[C@H]2CCCCN2)cc(N(C)S(C)(=O)=O)n1. The van der Waals surface area contributed by atoms with Crippen LogP contribution in [0, 0.1) is 11.6 Å². The minimum atomic E-state index is -3.66. The smallest absolute Gasteiger partial charge is 0.251 e. The van der Waals surface area contributed by atoms with Crippen molar-refractivity contribution in [2.24, 2.45) is 0 Å². The molecule has 0 saturated carbocycles. The molecule has 1 aromatic carbocycles. The molecule has 1 amide bonds. The number of amides is 1. The van der Waals surface area contributed by atoms with Crippen LogP contribution in [0.15, 0.2) is 30.3 Å². The first kappa shape index (κ1) is 29.7. The molecular formula is C26H37F2N5O4S. The third kappa shape index (κ3) is 8.08. The number of hydrogen-bond acceptors (Lipinski definition) is 7. The highest BCUT2D eigenvalue weighted by Gasteiger charge is 2.31. The highest BCUT2D eigenvalue weighted by atomic mass is 32.2. The van der Waals surface area contributed by atoms with Gasteiger partial charge in [0.25, 0.3) is 5.91 Å². The molecule has 210 valence electrons. The van der Waals surface area contributed by atoms with E-state index < -0.39 is 39.7 Å². The normalized spacial score (nSPS) is 18.3. The zero-order valence-electron chi connectivity index (χ0n) is 22.2. The fourth-order valence-corrected chi connectivity index (χ4v) is 4.78. The molecule has 1 saturated heterocycles. The van der Waals surface area contributed by atoms with E-state index in [1.54, 1.807) is 0 Å². The summed E-state index contributed by atoms with van der Waals surface area (Å²) >= 11 is 0. The predicted octanol–water partition coefficient (Wildman–Crippen LogP) is 2.81. The minimum absolute atomic E-state index is 0.00650. The van der Waals surface area contributed by atoms with Gasteiger partial charge in [-0.15, -0.1) is 0 Å². The summed E-state index contributed by atoms with van der Waals surface area (Å²) in [4.78, 5) is 17.8. The Balaban J connectivity index is 1.95. The number of rotatable bonds is 11. The van der Waals surface area contributed by atoms with Crippen LogP contribution in [0.3, 0.4) is 0 Å². The Morgan fingerprint density at radius 3 is 2.47 bits per heavy atom. The van der Waals surface area contributed by atoms with Gasteiger partial charge in [-0.3, -0.25) is 9.10 Å². The second-order valence-electron chi connectivity index (χ2n) is 9.89. The van der Waals surface area contributed by atoms with Crippen molar-refractivity contribution in [3.63, 3.8) is 0 Å². The van der Waals surface area contributed by atoms with Gasteiger partial charge in [0.2, 0.25) is 10.0 Å². The molecule has 4 atom stereocenters. The predicted molar refractivity (Wildman–Crippen MR) is 144 cm³/mol. The van der Waals surface area contributed by atoms with Crippen molar-refractivity contribution in [2.75, 3.05) is 29.5 Å². The molecule has 0 unspecified atom stereocenters. The number of piperidine rings is 1. The monoisotopic (exact) mass is 553 g/mol. The summed E-state index contributed by atoms with van der Waals surface area (Å²) in [6.07, 6.45) is 3.30. The Morgan fingerprint density at radius 2 is 1.89 bits per heavy atom. The average Bonchev–Trinajstić information content (AvgIpc) is 2.86. The molecule has 3 rings (SSSR count).